The van der Waals surface area contributed by atoms with Crippen molar-refractivity contribution < 1.29 is 24.2 Å². The quantitative estimate of drug-likeness (QED) is 0.150. The van der Waals surface area contributed by atoms with Gasteiger partial charge in [0.15, 0.2) is 0 Å². The van der Waals surface area contributed by atoms with E-state index in [0.29, 0.717) is 11.3 Å². The number of benzene rings is 4. The zero-order chi connectivity index (χ0) is 31.1. The molecule has 0 aliphatic heterocycles. The van der Waals surface area contributed by atoms with Crippen molar-refractivity contribution in [3.63, 3.8) is 0 Å². The first-order valence-electron chi connectivity index (χ1n) is 14.1. The van der Waals surface area contributed by atoms with Crippen LogP contribution in [0.4, 0.5) is 0 Å². The van der Waals surface area contributed by atoms with Gasteiger partial charge in [-0.3, -0.25) is 6.08 Å². The molecule has 0 nitrogen and oxygen atoms in total. The van der Waals surface area contributed by atoms with Crippen molar-refractivity contribution in [3.05, 3.63) is 153 Å². The summed E-state index contributed by atoms with van der Waals surface area (Å²) in [7, 11) is 0. The van der Waals surface area contributed by atoms with Crippen LogP contribution < -0.4 is 0 Å². The predicted molar refractivity (Wildman–Crippen MR) is 194 cm³/mol. The fraction of sp³-hybridized carbons (Fsp3) is 0.256. The van der Waals surface area contributed by atoms with Crippen LogP contribution in [0.15, 0.2) is 96.6 Å². The number of aryl methyl sites for hydroxylation is 2. The summed E-state index contributed by atoms with van der Waals surface area (Å²) in [5, 5.41) is 1.53. The zero-order valence-corrected chi connectivity index (χ0v) is 32.0. The standard InChI is InChI=1S/C15H13.C11H17.2C6H4Cl.CH2.2ClH.Zr/c1-10-3-5-14-12(7-10)9-13-8-11(2)4-6-15(13)14;1-5-9-6-7-10(8-9)11(2,3)4;2*7-6-4-2-1-3-5-6;;;;/h3-7H,9H2,1-2H3;7-9H,5H2,1-4H3;2*2-5H;1H2;2*1H;/q4*-1;;;;. The SMILES string of the molecule is CCC1[C-]=CC(C(C)(C)C)=C1.Cc1[c-]c2c(cc1)-c1ccc(C)cc1C2.Cl.Cl.Clc1cc[c-]cc1.Clc1cc[c-]cc1.[CH2]=[Zr]. The molecule has 5 heteroatoms. The second-order valence-electron chi connectivity index (χ2n) is 11.0. The van der Waals surface area contributed by atoms with Gasteiger partial charge in [-0.2, -0.15) is 96.1 Å². The molecule has 0 aromatic heterocycles. The number of halogens is 4. The van der Waals surface area contributed by atoms with E-state index >= 15 is 0 Å². The molecule has 0 bridgehead atoms. The van der Waals surface area contributed by atoms with Gasteiger partial charge in [0.25, 0.3) is 0 Å². The topological polar surface area (TPSA) is 0 Å². The average Bonchev–Trinajstić information content (AvgIpc) is 3.60. The zero-order valence-electron chi connectivity index (χ0n) is 26.4. The number of fused-ring (bicyclic) bond motifs is 3. The van der Waals surface area contributed by atoms with Crippen LogP contribution in [-0.2, 0) is 30.7 Å². The maximum absolute atomic E-state index is 5.52. The summed E-state index contributed by atoms with van der Waals surface area (Å²) >= 11 is 12.3. The molecule has 0 saturated carbocycles. The fourth-order valence-corrected chi connectivity index (χ4v) is 4.57. The molecule has 2 aliphatic rings. The Morgan fingerprint density at radius 3 is 1.75 bits per heavy atom. The molecule has 0 heterocycles. The van der Waals surface area contributed by atoms with E-state index in [0.717, 1.165) is 16.5 Å². The van der Waals surface area contributed by atoms with Gasteiger partial charge in [0.05, 0.1) is 0 Å². The van der Waals surface area contributed by atoms with Gasteiger partial charge in [0.2, 0.25) is 0 Å². The molecule has 0 fully saturated rings. The van der Waals surface area contributed by atoms with E-state index in [4.69, 9.17) is 23.2 Å². The molecule has 0 saturated heterocycles. The first-order valence-corrected chi connectivity index (χ1v) is 16.6. The third kappa shape index (κ3) is 14.6. The van der Waals surface area contributed by atoms with Gasteiger partial charge in [0, 0.05) is 0 Å². The van der Waals surface area contributed by atoms with E-state index in [-0.39, 0.29) is 24.8 Å². The summed E-state index contributed by atoms with van der Waals surface area (Å²) in [4.78, 5) is 0. The Bertz CT molecular complexity index is 1350. The van der Waals surface area contributed by atoms with Crippen LogP contribution in [-0.4, -0.2) is 4.21 Å². The van der Waals surface area contributed by atoms with Crippen LogP contribution in [0.25, 0.3) is 11.1 Å². The van der Waals surface area contributed by atoms with Crippen molar-refractivity contribution in [1.82, 2.24) is 0 Å². The van der Waals surface area contributed by atoms with Gasteiger partial charge >= 0.3 is 28.4 Å². The van der Waals surface area contributed by atoms with Crippen molar-refractivity contribution in [2.75, 3.05) is 0 Å². The van der Waals surface area contributed by atoms with Crippen molar-refractivity contribution in [2.45, 2.75) is 54.4 Å². The number of hydrogen-bond donors (Lipinski definition) is 0. The van der Waals surface area contributed by atoms with Crippen molar-refractivity contribution in [2.24, 2.45) is 11.3 Å². The number of allylic oxidation sites excluding steroid dienone is 4. The van der Waals surface area contributed by atoms with Crippen LogP contribution in [0.3, 0.4) is 0 Å². The molecule has 44 heavy (non-hydrogen) atoms. The third-order valence-electron chi connectivity index (χ3n) is 6.59. The second-order valence-corrected chi connectivity index (χ2v) is 11.9. The van der Waals surface area contributed by atoms with Crippen LogP contribution in [0.5, 0.6) is 0 Å². The summed E-state index contributed by atoms with van der Waals surface area (Å²) in [6, 6.07) is 34.5. The summed E-state index contributed by atoms with van der Waals surface area (Å²) in [5.41, 5.74) is 9.89. The van der Waals surface area contributed by atoms with E-state index in [1.54, 1.807) is 48.5 Å². The molecule has 6 rings (SSSR count). The van der Waals surface area contributed by atoms with Crippen molar-refractivity contribution in [3.8, 4) is 11.1 Å². The normalized spacial score (nSPS) is 13.1. The van der Waals surface area contributed by atoms with Crippen LogP contribution in [0.2, 0.25) is 10.0 Å². The van der Waals surface area contributed by atoms with Gasteiger partial charge in [0.1, 0.15) is 0 Å². The van der Waals surface area contributed by atoms with Crippen LogP contribution in [0, 0.1) is 49.5 Å². The Morgan fingerprint density at radius 1 is 0.818 bits per heavy atom. The molecule has 2 aliphatic carbocycles. The molecule has 0 amide bonds. The molecular formula is C39H42Cl4Zr-4. The van der Waals surface area contributed by atoms with E-state index in [9.17, 15) is 0 Å². The predicted octanol–water partition coefficient (Wildman–Crippen LogP) is 12.1. The van der Waals surface area contributed by atoms with E-state index in [1.165, 1.54) is 69.6 Å². The Labute approximate surface area is 304 Å². The second kappa shape index (κ2) is 21.9. The Morgan fingerprint density at radius 2 is 1.34 bits per heavy atom. The Kier molecular flexibility index (Phi) is 21.1. The van der Waals surface area contributed by atoms with Gasteiger partial charge in [-0.15, -0.1) is 59.1 Å². The number of hydrogen-bond acceptors (Lipinski definition) is 0. The van der Waals surface area contributed by atoms with Gasteiger partial charge in [-0.25, -0.2) is 6.08 Å². The van der Waals surface area contributed by atoms with Crippen molar-refractivity contribution in [1.29, 1.82) is 0 Å². The first-order chi connectivity index (χ1) is 20.1. The summed E-state index contributed by atoms with van der Waals surface area (Å²) < 4.78 is 3.34. The first kappa shape index (κ1) is 42.3. The van der Waals surface area contributed by atoms with E-state index in [2.05, 4.69) is 113 Å². The van der Waals surface area contributed by atoms with E-state index < -0.39 is 0 Å². The summed E-state index contributed by atoms with van der Waals surface area (Å²) in [5.74, 6) is 0.573. The molecule has 0 radical (unpaired) electrons. The molecule has 4 aromatic carbocycles. The molecule has 4 aromatic rings. The van der Waals surface area contributed by atoms with Crippen LogP contribution in [0.1, 0.15) is 56.4 Å². The van der Waals surface area contributed by atoms with Gasteiger partial charge < -0.3 is 0 Å². The minimum absolute atomic E-state index is 0. The molecule has 0 spiro atoms. The summed E-state index contributed by atoms with van der Waals surface area (Å²) in [6.07, 6.45) is 10.1. The minimum atomic E-state index is 0. The fourth-order valence-electron chi connectivity index (χ4n) is 4.31. The monoisotopic (exact) mass is 740 g/mol. The van der Waals surface area contributed by atoms with Crippen LogP contribution >= 0.6 is 48.0 Å². The van der Waals surface area contributed by atoms with Crippen molar-refractivity contribution >= 4 is 52.2 Å². The molecular weight excluding hydrogens is 701 g/mol. The molecule has 234 valence electrons. The van der Waals surface area contributed by atoms with Gasteiger partial charge in [-0.1, -0.05) is 91.7 Å². The molecule has 1 unspecified atom stereocenters. The van der Waals surface area contributed by atoms with E-state index in [1.807, 2.05) is 0 Å². The third-order valence-corrected chi connectivity index (χ3v) is 7.09. The summed E-state index contributed by atoms with van der Waals surface area (Å²) in [6.45, 7) is 13.2. The number of rotatable bonds is 1. The molecule has 1 atom stereocenters. The van der Waals surface area contributed by atoms with Gasteiger partial charge in [-0.05, 0) is 18.9 Å². The average molecular weight is 744 g/mol. The Hall–Kier alpha value is -1.73. The molecule has 0 N–H and O–H groups in total. The maximum atomic E-state index is 5.52. The Balaban J connectivity index is 0.000000568.